The Morgan fingerprint density at radius 1 is 0.962 bits per heavy atom. The zero-order valence-corrected chi connectivity index (χ0v) is 16.2. The van der Waals surface area contributed by atoms with Gasteiger partial charge < -0.3 is 0 Å². The van der Waals surface area contributed by atoms with Gasteiger partial charge in [0, 0.05) is 24.8 Å². The van der Waals surface area contributed by atoms with Crippen molar-refractivity contribution in [3.05, 3.63) is 77.2 Å². The predicted molar refractivity (Wildman–Crippen MR) is 108 cm³/mol. The van der Waals surface area contributed by atoms with Crippen LogP contribution in [0.1, 0.15) is 72.1 Å². The first-order valence-corrected chi connectivity index (χ1v) is 9.56. The molecule has 1 unspecified atom stereocenters. The molecule has 1 atom stereocenters. The molecule has 0 amide bonds. The highest BCUT2D eigenvalue weighted by Gasteiger charge is 2.15. The van der Waals surface area contributed by atoms with E-state index in [1.165, 1.54) is 5.56 Å². The largest absolute Gasteiger partial charge is 0.299 e. The van der Waals surface area contributed by atoms with E-state index in [0.29, 0.717) is 6.42 Å². The van der Waals surface area contributed by atoms with Crippen molar-refractivity contribution in [1.29, 1.82) is 0 Å². The average Bonchev–Trinajstić information content (AvgIpc) is 2.65. The second-order valence-electron chi connectivity index (χ2n) is 6.91. The summed E-state index contributed by atoms with van der Waals surface area (Å²) in [5.41, 5.74) is 5.36. The van der Waals surface area contributed by atoms with E-state index in [9.17, 15) is 9.59 Å². The Kier molecular flexibility index (Phi) is 7.32. The van der Waals surface area contributed by atoms with E-state index in [4.69, 9.17) is 0 Å². The maximum Gasteiger partial charge on any atom is 0.163 e. The Hall–Kier alpha value is -2.22. The monoisotopic (exact) mass is 349 g/mol. The number of rotatable bonds is 9. The molecule has 0 aliphatic carbocycles. The molecule has 2 heteroatoms. The van der Waals surface area contributed by atoms with Crippen LogP contribution in [0.4, 0.5) is 0 Å². The van der Waals surface area contributed by atoms with Crippen LogP contribution in [-0.2, 0) is 24.1 Å². The molecule has 1 radical (unpaired) electrons. The Morgan fingerprint density at radius 3 is 2.19 bits per heavy atom. The highest BCUT2D eigenvalue weighted by atomic mass is 16.1. The zero-order valence-electron chi connectivity index (χ0n) is 16.2. The number of Topliss-reactive ketones (excluding diaryl/α,β-unsaturated/α-hetero) is 2. The van der Waals surface area contributed by atoms with E-state index in [1.807, 2.05) is 31.2 Å². The molecule has 2 aromatic carbocycles. The van der Waals surface area contributed by atoms with Gasteiger partial charge in [-0.15, -0.1) is 0 Å². The molecule has 0 heterocycles. The van der Waals surface area contributed by atoms with Crippen LogP contribution in [0, 0.1) is 6.92 Å². The molecule has 26 heavy (non-hydrogen) atoms. The van der Waals surface area contributed by atoms with Crippen molar-refractivity contribution in [3.63, 3.8) is 0 Å². The highest BCUT2D eigenvalue weighted by molar-refractivity contribution is 5.99. The quantitative estimate of drug-likeness (QED) is 0.558. The van der Waals surface area contributed by atoms with Crippen molar-refractivity contribution in [2.24, 2.45) is 0 Å². The summed E-state index contributed by atoms with van der Waals surface area (Å²) in [6, 6.07) is 14.2. The van der Waals surface area contributed by atoms with Gasteiger partial charge in [0.15, 0.2) is 5.78 Å². The third-order valence-corrected chi connectivity index (χ3v) is 5.02. The maximum absolute atomic E-state index is 12.9. The van der Waals surface area contributed by atoms with Gasteiger partial charge in [-0.25, -0.2) is 0 Å². The van der Waals surface area contributed by atoms with Crippen molar-refractivity contribution in [2.45, 2.75) is 58.8 Å². The summed E-state index contributed by atoms with van der Waals surface area (Å²) in [4.78, 5) is 24.3. The van der Waals surface area contributed by atoms with Gasteiger partial charge in [-0.05, 0) is 41.5 Å². The molecule has 0 aliphatic rings. The number of aryl methyl sites for hydroxylation is 3. The van der Waals surface area contributed by atoms with E-state index in [1.54, 1.807) is 0 Å². The van der Waals surface area contributed by atoms with Crippen LogP contribution in [0.2, 0.25) is 0 Å². The molecule has 137 valence electrons. The Morgan fingerprint density at radius 2 is 1.62 bits per heavy atom. The van der Waals surface area contributed by atoms with Crippen molar-refractivity contribution >= 4 is 11.6 Å². The molecule has 0 spiro atoms. The molecule has 0 N–H and O–H groups in total. The van der Waals surface area contributed by atoms with E-state index in [-0.39, 0.29) is 17.5 Å². The fourth-order valence-electron chi connectivity index (χ4n) is 3.33. The van der Waals surface area contributed by atoms with Gasteiger partial charge in [0.05, 0.1) is 0 Å². The van der Waals surface area contributed by atoms with Crippen LogP contribution in [0.5, 0.6) is 0 Å². The van der Waals surface area contributed by atoms with E-state index >= 15 is 0 Å². The predicted octanol–water partition coefficient (Wildman–Crippen LogP) is 5.52. The number of hydrogen-bond donors (Lipinski definition) is 0. The van der Waals surface area contributed by atoms with Gasteiger partial charge in [0.1, 0.15) is 5.78 Å². The molecule has 2 aromatic rings. The minimum absolute atomic E-state index is 0.0763. The number of carbonyl (C=O) groups is 2. The fraction of sp³-hybridized carbons (Fsp3) is 0.375. The first-order chi connectivity index (χ1) is 12.5. The lowest BCUT2D eigenvalue weighted by Gasteiger charge is -2.13. The van der Waals surface area contributed by atoms with Crippen LogP contribution in [0.15, 0.2) is 42.5 Å². The molecule has 0 aromatic heterocycles. The van der Waals surface area contributed by atoms with Gasteiger partial charge >= 0.3 is 0 Å². The smallest absolute Gasteiger partial charge is 0.163 e. The van der Waals surface area contributed by atoms with E-state index in [2.05, 4.69) is 39.0 Å². The minimum atomic E-state index is -0.182. The minimum Gasteiger partial charge on any atom is -0.299 e. The SMILES string of the molecule is [CH2]C(=O)C(C)c1ccc(CCC(=O)c2c(CC)cccc2CCC)cc1. The molecule has 2 nitrogen and oxygen atoms in total. The standard InChI is InChI=1S/C24H29O2/c1-5-8-22-10-7-9-20(6-2)24(22)23(26)16-13-19-11-14-21(15-12-19)17(3)18(4)25/h7,9-12,14-15,17H,4-6,8,13,16H2,1-3H3. The van der Waals surface area contributed by atoms with Crippen molar-refractivity contribution < 1.29 is 9.59 Å². The number of hydrogen-bond acceptors (Lipinski definition) is 2. The van der Waals surface area contributed by atoms with Crippen LogP contribution < -0.4 is 0 Å². The molecule has 2 rings (SSSR count). The molecule has 0 saturated carbocycles. The Balaban J connectivity index is 2.10. The molecule has 0 saturated heterocycles. The molecule has 0 bridgehead atoms. The molecule has 0 aliphatic heterocycles. The summed E-state index contributed by atoms with van der Waals surface area (Å²) in [5.74, 6) is -0.0254. The average molecular weight is 349 g/mol. The summed E-state index contributed by atoms with van der Waals surface area (Å²) in [7, 11) is 0. The summed E-state index contributed by atoms with van der Waals surface area (Å²) < 4.78 is 0. The third-order valence-electron chi connectivity index (χ3n) is 5.02. The van der Waals surface area contributed by atoms with Gasteiger partial charge in [0.2, 0.25) is 0 Å². The number of ketones is 2. The van der Waals surface area contributed by atoms with Crippen LogP contribution in [0.3, 0.4) is 0 Å². The molecular formula is C24H29O2. The first-order valence-electron chi connectivity index (χ1n) is 9.56. The van der Waals surface area contributed by atoms with Gasteiger partial charge in [-0.3, -0.25) is 9.59 Å². The lowest BCUT2D eigenvalue weighted by Crippen LogP contribution is -2.09. The third kappa shape index (κ3) is 4.91. The van der Waals surface area contributed by atoms with Gasteiger partial charge in [-0.2, -0.15) is 0 Å². The lowest BCUT2D eigenvalue weighted by atomic mass is 9.90. The van der Waals surface area contributed by atoms with Gasteiger partial charge in [-0.1, -0.05) is 69.7 Å². The fourth-order valence-corrected chi connectivity index (χ4v) is 3.33. The Labute approximate surface area is 157 Å². The van der Waals surface area contributed by atoms with Crippen LogP contribution in [0.25, 0.3) is 0 Å². The maximum atomic E-state index is 12.9. The summed E-state index contributed by atoms with van der Waals surface area (Å²) in [5, 5.41) is 0. The summed E-state index contributed by atoms with van der Waals surface area (Å²) >= 11 is 0. The van der Waals surface area contributed by atoms with Crippen LogP contribution >= 0.6 is 0 Å². The molecule has 0 fully saturated rings. The highest BCUT2D eigenvalue weighted by Crippen LogP contribution is 2.21. The normalized spacial score (nSPS) is 12.0. The number of carbonyl (C=O) groups excluding carboxylic acids is 2. The van der Waals surface area contributed by atoms with E-state index < -0.39 is 0 Å². The zero-order chi connectivity index (χ0) is 19.1. The molecular weight excluding hydrogens is 320 g/mol. The number of benzene rings is 2. The first kappa shape index (κ1) is 20.1. The van der Waals surface area contributed by atoms with Crippen molar-refractivity contribution in [3.8, 4) is 0 Å². The van der Waals surface area contributed by atoms with Crippen molar-refractivity contribution in [1.82, 2.24) is 0 Å². The van der Waals surface area contributed by atoms with Crippen molar-refractivity contribution in [2.75, 3.05) is 0 Å². The topological polar surface area (TPSA) is 34.1 Å². The second-order valence-corrected chi connectivity index (χ2v) is 6.91. The lowest BCUT2D eigenvalue weighted by molar-refractivity contribution is -0.115. The van der Waals surface area contributed by atoms with Crippen LogP contribution in [-0.4, -0.2) is 11.6 Å². The van der Waals surface area contributed by atoms with E-state index in [0.717, 1.165) is 47.9 Å². The Bertz CT molecular complexity index is 756. The summed E-state index contributed by atoms with van der Waals surface area (Å²) in [6.45, 7) is 9.60. The van der Waals surface area contributed by atoms with Gasteiger partial charge in [0.25, 0.3) is 0 Å². The summed E-state index contributed by atoms with van der Waals surface area (Å²) in [6.07, 6.45) is 4.09. The second kappa shape index (κ2) is 9.47.